The highest BCUT2D eigenvalue weighted by Crippen LogP contribution is 2.37. The third kappa shape index (κ3) is 3.85. The van der Waals surface area contributed by atoms with Crippen molar-refractivity contribution in [2.45, 2.75) is 13.3 Å². The first-order valence-corrected chi connectivity index (χ1v) is 9.47. The normalized spacial score (nSPS) is 10.9. The fourth-order valence-corrected chi connectivity index (χ4v) is 3.31. The number of aryl methyl sites for hydroxylation is 2. The van der Waals surface area contributed by atoms with Gasteiger partial charge in [-0.05, 0) is 25.1 Å². The van der Waals surface area contributed by atoms with E-state index in [0.717, 1.165) is 10.2 Å². The largest absolute Gasteiger partial charge is 0.491 e. The topological polar surface area (TPSA) is 106 Å². The zero-order chi connectivity index (χ0) is 22.8. The highest BCUT2D eigenvalue weighted by Gasteiger charge is 2.21. The second kappa shape index (κ2) is 8.43. The van der Waals surface area contributed by atoms with E-state index in [1.807, 2.05) is 0 Å². The summed E-state index contributed by atoms with van der Waals surface area (Å²) in [6.07, 6.45) is -1.45. The van der Waals surface area contributed by atoms with Crippen LogP contribution in [0.4, 0.5) is 20.4 Å². The second-order valence-electron chi connectivity index (χ2n) is 6.85. The first-order valence-electron chi connectivity index (χ1n) is 9.47. The molecule has 3 aromatic heterocycles. The molecule has 0 atom stereocenters. The number of methoxy groups -OCH3 is 1. The summed E-state index contributed by atoms with van der Waals surface area (Å²) in [7, 11) is 3.27. The summed E-state index contributed by atoms with van der Waals surface area (Å²) in [6, 6.07) is 11.9. The Morgan fingerprint density at radius 2 is 1.88 bits per heavy atom. The Kier molecular flexibility index (Phi) is 5.51. The molecule has 0 aliphatic rings. The van der Waals surface area contributed by atoms with Gasteiger partial charge in [0.05, 0.1) is 24.4 Å². The third-order valence-electron chi connectivity index (χ3n) is 4.69. The summed E-state index contributed by atoms with van der Waals surface area (Å²) in [5.41, 5.74) is 2.23. The summed E-state index contributed by atoms with van der Waals surface area (Å²) < 4.78 is 35.0. The number of alkyl halides is 2. The number of hydrogen-bond acceptors (Lipinski definition) is 7. The van der Waals surface area contributed by atoms with E-state index < -0.39 is 6.43 Å². The number of aromatic nitrogens is 6. The molecule has 9 nitrogen and oxygen atoms in total. The minimum absolute atomic E-state index is 0.188. The molecule has 0 saturated heterocycles. The van der Waals surface area contributed by atoms with Gasteiger partial charge in [0.1, 0.15) is 23.5 Å². The molecule has 0 saturated carbocycles. The van der Waals surface area contributed by atoms with Crippen LogP contribution in [0, 0.1) is 18.3 Å². The van der Waals surface area contributed by atoms with Gasteiger partial charge in [-0.3, -0.25) is 4.68 Å². The Morgan fingerprint density at radius 3 is 2.53 bits per heavy atom. The van der Waals surface area contributed by atoms with Crippen LogP contribution >= 0.6 is 0 Å². The number of nitrogens with zero attached hydrogens (tertiary/aromatic N) is 7. The lowest BCUT2D eigenvalue weighted by molar-refractivity contribution is 0.142. The van der Waals surface area contributed by atoms with Crippen LogP contribution in [0.1, 0.15) is 23.4 Å². The van der Waals surface area contributed by atoms with E-state index in [4.69, 9.17) is 10.00 Å². The maximum absolute atomic E-state index is 13.4. The van der Waals surface area contributed by atoms with E-state index in [1.165, 1.54) is 25.6 Å². The molecule has 0 fully saturated rings. The van der Waals surface area contributed by atoms with Crippen LogP contribution in [0.25, 0.3) is 17.1 Å². The van der Waals surface area contributed by atoms with Crippen molar-refractivity contribution >= 4 is 11.6 Å². The molecule has 0 bridgehead atoms. The number of hydrogen-bond donors (Lipinski definition) is 1. The Bertz CT molecular complexity index is 1300. The monoisotopic (exact) mass is 436 g/mol. The fraction of sp³-hybridized carbons (Fsp3) is 0.190. The molecule has 0 aliphatic carbocycles. The number of halogens is 2. The predicted molar refractivity (Wildman–Crippen MR) is 112 cm³/mol. The van der Waals surface area contributed by atoms with Gasteiger partial charge in [0, 0.05) is 18.7 Å². The minimum atomic E-state index is -2.70. The number of nitriles is 1. The van der Waals surface area contributed by atoms with Crippen molar-refractivity contribution in [3.8, 4) is 28.9 Å². The molecule has 0 unspecified atom stereocenters. The third-order valence-corrected chi connectivity index (χ3v) is 4.69. The maximum atomic E-state index is 13.4. The van der Waals surface area contributed by atoms with Gasteiger partial charge >= 0.3 is 0 Å². The van der Waals surface area contributed by atoms with Gasteiger partial charge in [-0.2, -0.15) is 15.5 Å². The molecule has 32 heavy (non-hydrogen) atoms. The summed E-state index contributed by atoms with van der Waals surface area (Å²) in [5, 5.41) is 20.6. The van der Waals surface area contributed by atoms with Crippen molar-refractivity contribution in [1.82, 2.24) is 29.5 Å². The lowest BCUT2D eigenvalue weighted by Gasteiger charge is -2.09. The van der Waals surface area contributed by atoms with Crippen LogP contribution in [-0.4, -0.2) is 36.6 Å². The number of nitrogens with one attached hydrogen (secondary N) is 1. The fourth-order valence-electron chi connectivity index (χ4n) is 3.31. The molecule has 0 spiro atoms. The van der Waals surface area contributed by atoms with Gasteiger partial charge < -0.3 is 10.1 Å². The molecular weight excluding hydrogens is 418 g/mol. The molecule has 4 aromatic rings. The number of benzene rings is 1. The Morgan fingerprint density at radius 1 is 1.12 bits per heavy atom. The van der Waals surface area contributed by atoms with Gasteiger partial charge in [-0.25, -0.2) is 23.4 Å². The minimum Gasteiger partial charge on any atom is -0.491 e. The molecule has 3 heterocycles. The van der Waals surface area contributed by atoms with E-state index in [1.54, 1.807) is 42.9 Å². The smallest absolute Gasteiger partial charge is 0.280 e. The zero-order valence-corrected chi connectivity index (χ0v) is 17.4. The van der Waals surface area contributed by atoms with Gasteiger partial charge in [0.2, 0.25) is 0 Å². The molecule has 0 aliphatic heterocycles. The van der Waals surface area contributed by atoms with Gasteiger partial charge in [-0.1, -0.05) is 12.1 Å². The van der Waals surface area contributed by atoms with E-state index in [2.05, 4.69) is 31.6 Å². The van der Waals surface area contributed by atoms with Crippen LogP contribution in [0.5, 0.6) is 5.75 Å². The van der Waals surface area contributed by atoms with Crippen LogP contribution in [-0.2, 0) is 7.05 Å². The number of rotatable bonds is 6. The van der Waals surface area contributed by atoms with Crippen molar-refractivity contribution in [3.63, 3.8) is 0 Å². The highest BCUT2D eigenvalue weighted by molar-refractivity contribution is 5.76. The molecule has 1 aromatic carbocycles. The Balaban J connectivity index is 1.70. The highest BCUT2D eigenvalue weighted by atomic mass is 19.3. The van der Waals surface area contributed by atoms with Gasteiger partial charge in [0.15, 0.2) is 17.4 Å². The van der Waals surface area contributed by atoms with Gasteiger partial charge in [-0.15, -0.1) is 0 Å². The van der Waals surface area contributed by atoms with Crippen molar-refractivity contribution in [1.29, 1.82) is 5.26 Å². The zero-order valence-electron chi connectivity index (χ0n) is 17.4. The van der Waals surface area contributed by atoms with E-state index in [0.29, 0.717) is 34.3 Å². The molecule has 0 radical (unpaired) electrons. The average Bonchev–Trinajstić information content (AvgIpc) is 3.33. The van der Waals surface area contributed by atoms with Crippen molar-refractivity contribution < 1.29 is 13.5 Å². The summed E-state index contributed by atoms with van der Waals surface area (Å²) in [6.45, 7) is 1.63. The van der Waals surface area contributed by atoms with Crippen molar-refractivity contribution in [2.24, 2.45) is 7.05 Å². The second-order valence-corrected chi connectivity index (χ2v) is 6.85. The van der Waals surface area contributed by atoms with Crippen molar-refractivity contribution in [3.05, 3.63) is 59.7 Å². The van der Waals surface area contributed by atoms with Crippen molar-refractivity contribution in [2.75, 3.05) is 12.4 Å². The van der Waals surface area contributed by atoms with E-state index in [-0.39, 0.29) is 11.5 Å². The lowest BCUT2D eigenvalue weighted by atomic mass is 10.1. The van der Waals surface area contributed by atoms with Gasteiger partial charge in [0.25, 0.3) is 6.43 Å². The van der Waals surface area contributed by atoms with E-state index >= 15 is 0 Å². The lowest BCUT2D eigenvalue weighted by Crippen LogP contribution is -2.07. The number of anilines is 2. The maximum Gasteiger partial charge on any atom is 0.280 e. The Labute approximate surface area is 181 Å². The number of ether oxygens (including phenoxy) is 1. The molecule has 1 N–H and O–H groups in total. The first kappa shape index (κ1) is 20.9. The van der Waals surface area contributed by atoms with Crippen LogP contribution in [0.2, 0.25) is 0 Å². The van der Waals surface area contributed by atoms with E-state index in [9.17, 15) is 8.78 Å². The SMILES string of the molecule is COc1c(Nc2cc(-n3nc(C)cc3C(F)F)ncn2)nn(C)c1-c1ccc(C#N)cc1. The van der Waals surface area contributed by atoms with Crippen LogP contribution in [0.15, 0.2) is 42.7 Å². The molecule has 162 valence electrons. The standard InChI is InChI=1S/C21H18F2N8O/c1-12-8-15(20(22)23)31(28-12)17-9-16(25-11-26-17)27-21-19(32-3)18(30(2)29-21)14-6-4-13(10-24)5-7-14/h4-9,11,20H,1-3H3,(H,25,26,27,29). The predicted octanol–water partition coefficient (Wildman–Crippen LogP) is 3.93. The van der Waals surface area contributed by atoms with Crippen LogP contribution < -0.4 is 10.1 Å². The average molecular weight is 436 g/mol. The molecule has 4 rings (SSSR count). The molecule has 11 heteroatoms. The summed E-state index contributed by atoms with van der Waals surface area (Å²) in [4.78, 5) is 8.23. The van der Waals surface area contributed by atoms with Crippen LogP contribution in [0.3, 0.4) is 0 Å². The first-order chi connectivity index (χ1) is 15.4. The summed E-state index contributed by atoms with van der Waals surface area (Å²) in [5.74, 6) is 1.35. The summed E-state index contributed by atoms with van der Waals surface area (Å²) >= 11 is 0. The quantitative estimate of drug-likeness (QED) is 0.488. The molecular formula is C21H18F2N8O. The Hall–Kier alpha value is -4.33. The molecule has 0 amide bonds.